The maximum atomic E-state index is 4.06. The Morgan fingerprint density at radius 3 is 2.62 bits per heavy atom. The maximum absolute atomic E-state index is 4.06. The summed E-state index contributed by atoms with van der Waals surface area (Å²) < 4.78 is 0. The molecule has 0 aromatic heterocycles. The fraction of sp³-hybridized carbons (Fsp3) is 0.538. The highest BCUT2D eigenvalue weighted by Crippen LogP contribution is 2.38. The first-order valence-electron chi connectivity index (χ1n) is 4.94. The number of hydrogen-bond acceptors (Lipinski definition) is 0. The van der Waals surface area contributed by atoms with Crippen LogP contribution in [0.2, 0.25) is 0 Å². The molecule has 1 atom stereocenters. The topological polar surface area (TPSA) is 0 Å². The Balaban J connectivity index is 2.88. The van der Waals surface area contributed by atoms with Crippen molar-refractivity contribution in [2.45, 2.75) is 34.1 Å². The van der Waals surface area contributed by atoms with Gasteiger partial charge in [-0.1, -0.05) is 49.8 Å². The average molecular weight is 176 g/mol. The third-order valence-electron chi connectivity index (χ3n) is 3.18. The zero-order valence-corrected chi connectivity index (χ0v) is 9.22. The summed E-state index contributed by atoms with van der Waals surface area (Å²) in [4.78, 5) is 0. The van der Waals surface area contributed by atoms with Gasteiger partial charge in [-0.25, -0.2) is 0 Å². The highest BCUT2D eigenvalue weighted by Gasteiger charge is 2.27. The van der Waals surface area contributed by atoms with Crippen LogP contribution in [0, 0.1) is 11.3 Å². The zero-order chi connectivity index (χ0) is 10.1. The zero-order valence-electron chi connectivity index (χ0n) is 9.22. The Bertz CT molecular complexity index is 264. The summed E-state index contributed by atoms with van der Waals surface area (Å²) in [5, 5.41) is 0. The molecule has 0 radical (unpaired) electrons. The molecule has 0 heterocycles. The van der Waals surface area contributed by atoms with Crippen LogP contribution in [0.1, 0.15) is 34.1 Å². The van der Waals surface area contributed by atoms with E-state index in [9.17, 15) is 0 Å². The molecule has 1 unspecified atom stereocenters. The minimum absolute atomic E-state index is 0.193. The second kappa shape index (κ2) is 3.53. The van der Waals surface area contributed by atoms with E-state index in [0.29, 0.717) is 5.92 Å². The summed E-state index contributed by atoms with van der Waals surface area (Å²) in [6.45, 7) is 12.9. The lowest BCUT2D eigenvalue weighted by Crippen LogP contribution is -2.23. The van der Waals surface area contributed by atoms with Crippen LogP contribution in [0.4, 0.5) is 0 Å². The van der Waals surface area contributed by atoms with E-state index in [-0.39, 0.29) is 5.41 Å². The van der Waals surface area contributed by atoms with Gasteiger partial charge < -0.3 is 0 Å². The first-order chi connectivity index (χ1) is 5.94. The van der Waals surface area contributed by atoms with Crippen LogP contribution < -0.4 is 0 Å². The average Bonchev–Trinajstić information content (AvgIpc) is 2.04. The van der Waals surface area contributed by atoms with E-state index in [0.717, 1.165) is 6.42 Å². The minimum Gasteiger partial charge on any atom is -0.0996 e. The van der Waals surface area contributed by atoms with Crippen molar-refractivity contribution in [3.05, 3.63) is 36.0 Å². The molecule has 13 heavy (non-hydrogen) atoms. The van der Waals surface area contributed by atoms with Crippen molar-refractivity contribution < 1.29 is 0 Å². The minimum atomic E-state index is 0.193. The maximum Gasteiger partial charge on any atom is 0.00376 e. The molecule has 0 amide bonds. The predicted molar refractivity (Wildman–Crippen MR) is 59.6 cm³/mol. The van der Waals surface area contributed by atoms with Gasteiger partial charge in [-0.15, -0.1) is 0 Å². The Morgan fingerprint density at radius 2 is 2.15 bits per heavy atom. The van der Waals surface area contributed by atoms with E-state index < -0.39 is 0 Å². The van der Waals surface area contributed by atoms with E-state index in [2.05, 4.69) is 52.5 Å². The molecule has 0 aromatic rings. The van der Waals surface area contributed by atoms with E-state index in [1.165, 1.54) is 11.1 Å². The first kappa shape index (κ1) is 10.3. The Labute approximate surface area is 82.0 Å². The highest BCUT2D eigenvalue weighted by atomic mass is 14.3. The van der Waals surface area contributed by atoms with Gasteiger partial charge >= 0.3 is 0 Å². The molecule has 0 aromatic carbocycles. The summed E-state index contributed by atoms with van der Waals surface area (Å²) in [5.41, 5.74) is 2.92. The van der Waals surface area contributed by atoms with Gasteiger partial charge in [-0.2, -0.15) is 0 Å². The molecule has 0 saturated heterocycles. The molecule has 0 N–H and O–H groups in total. The SMILES string of the molecule is C=C(C)C(C)(C)C1C=CCC(C)=C1. The van der Waals surface area contributed by atoms with Gasteiger partial charge in [0.05, 0.1) is 0 Å². The summed E-state index contributed by atoms with van der Waals surface area (Å²) in [7, 11) is 0. The number of rotatable bonds is 2. The molecular formula is C13H20. The molecule has 1 rings (SSSR count). The normalized spacial score (nSPS) is 22.8. The van der Waals surface area contributed by atoms with Crippen molar-refractivity contribution in [2.75, 3.05) is 0 Å². The van der Waals surface area contributed by atoms with Crippen LogP contribution in [-0.2, 0) is 0 Å². The van der Waals surface area contributed by atoms with E-state index in [4.69, 9.17) is 0 Å². The molecule has 0 nitrogen and oxygen atoms in total. The van der Waals surface area contributed by atoms with Crippen molar-refractivity contribution in [3.8, 4) is 0 Å². The second-order valence-electron chi connectivity index (χ2n) is 4.67. The van der Waals surface area contributed by atoms with Crippen LogP contribution in [-0.4, -0.2) is 0 Å². The van der Waals surface area contributed by atoms with E-state index in [1.54, 1.807) is 0 Å². The lowest BCUT2D eigenvalue weighted by Gasteiger charge is -2.33. The fourth-order valence-electron chi connectivity index (χ4n) is 1.56. The smallest absolute Gasteiger partial charge is 0.00376 e. The summed E-state index contributed by atoms with van der Waals surface area (Å²) in [6.07, 6.45) is 8.06. The van der Waals surface area contributed by atoms with Crippen molar-refractivity contribution in [3.63, 3.8) is 0 Å². The van der Waals surface area contributed by atoms with Gasteiger partial charge in [-0.05, 0) is 25.7 Å². The molecular weight excluding hydrogens is 156 g/mol. The van der Waals surface area contributed by atoms with Gasteiger partial charge in [0, 0.05) is 5.92 Å². The molecule has 0 aliphatic heterocycles. The van der Waals surface area contributed by atoms with Gasteiger partial charge in [0.15, 0.2) is 0 Å². The van der Waals surface area contributed by atoms with Gasteiger partial charge in [0.25, 0.3) is 0 Å². The van der Waals surface area contributed by atoms with Crippen LogP contribution in [0.3, 0.4) is 0 Å². The lowest BCUT2D eigenvalue weighted by molar-refractivity contribution is 0.370. The van der Waals surface area contributed by atoms with Crippen molar-refractivity contribution >= 4 is 0 Å². The van der Waals surface area contributed by atoms with E-state index in [1.807, 2.05) is 0 Å². The van der Waals surface area contributed by atoms with Crippen LogP contribution in [0.15, 0.2) is 36.0 Å². The monoisotopic (exact) mass is 176 g/mol. The first-order valence-corrected chi connectivity index (χ1v) is 4.94. The van der Waals surface area contributed by atoms with Crippen LogP contribution in [0.5, 0.6) is 0 Å². The van der Waals surface area contributed by atoms with Crippen LogP contribution in [0.25, 0.3) is 0 Å². The molecule has 0 bridgehead atoms. The quantitative estimate of drug-likeness (QED) is 0.555. The Kier molecular flexibility index (Phi) is 2.80. The second-order valence-corrected chi connectivity index (χ2v) is 4.67. The standard InChI is InChI=1S/C13H20/c1-10(2)13(4,5)12-8-6-7-11(3)9-12/h6,8-9,12H,1,7H2,2-5H3. The predicted octanol–water partition coefficient (Wildman–Crippen LogP) is 4.11. The fourth-order valence-corrected chi connectivity index (χ4v) is 1.56. The number of allylic oxidation sites excluding steroid dienone is 5. The van der Waals surface area contributed by atoms with Gasteiger partial charge in [0.2, 0.25) is 0 Å². The molecule has 0 fully saturated rings. The molecule has 1 aliphatic rings. The molecule has 0 spiro atoms. The number of hydrogen-bond donors (Lipinski definition) is 0. The molecule has 0 heteroatoms. The summed E-state index contributed by atoms with van der Waals surface area (Å²) in [6, 6.07) is 0. The van der Waals surface area contributed by atoms with Crippen molar-refractivity contribution in [2.24, 2.45) is 11.3 Å². The highest BCUT2D eigenvalue weighted by molar-refractivity contribution is 5.23. The summed E-state index contributed by atoms with van der Waals surface area (Å²) in [5.74, 6) is 0.527. The van der Waals surface area contributed by atoms with Gasteiger partial charge in [-0.3, -0.25) is 0 Å². The van der Waals surface area contributed by atoms with Crippen molar-refractivity contribution in [1.29, 1.82) is 0 Å². The molecule has 1 aliphatic carbocycles. The Hall–Kier alpha value is -0.780. The summed E-state index contributed by atoms with van der Waals surface area (Å²) >= 11 is 0. The van der Waals surface area contributed by atoms with E-state index >= 15 is 0 Å². The van der Waals surface area contributed by atoms with Crippen LogP contribution >= 0.6 is 0 Å². The van der Waals surface area contributed by atoms with Crippen molar-refractivity contribution in [1.82, 2.24) is 0 Å². The molecule has 0 saturated carbocycles. The third-order valence-corrected chi connectivity index (χ3v) is 3.18. The lowest BCUT2D eigenvalue weighted by atomic mass is 9.72. The van der Waals surface area contributed by atoms with Gasteiger partial charge in [0.1, 0.15) is 0 Å². The third kappa shape index (κ3) is 2.12. The largest absolute Gasteiger partial charge is 0.0996 e. The molecule has 72 valence electrons. The Morgan fingerprint density at radius 1 is 1.54 bits per heavy atom.